The van der Waals surface area contributed by atoms with Crippen molar-refractivity contribution in [3.05, 3.63) is 0 Å². The number of alkyl halides is 3. The molecule has 0 aromatic rings. The quantitative estimate of drug-likeness (QED) is 0.547. The van der Waals surface area contributed by atoms with Gasteiger partial charge in [0.25, 0.3) is 0 Å². The van der Waals surface area contributed by atoms with Crippen molar-refractivity contribution in [2.24, 2.45) is 0 Å². The number of rotatable bonds is 1. The fourth-order valence-electron chi connectivity index (χ4n) is 0.0896. The highest BCUT2D eigenvalue weighted by molar-refractivity contribution is 5.85. The fraction of sp³-hybridized carbons (Fsp3) is 1.00. The molecule has 0 fully saturated rings. The lowest BCUT2D eigenvalue weighted by Crippen LogP contribution is -2.25. The van der Waals surface area contributed by atoms with Gasteiger partial charge in [0, 0.05) is 0 Å². The maximum Gasteiger partial charge on any atom is 0.403 e. The Morgan fingerprint density at radius 3 is 1.75 bits per heavy atom. The van der Waals surface area contributed by atoms with Crippen molar-refractivity contribution in [2.45, 2.75) is 6.18 Å². The molecule has 0 bridgehead atoms. The lowest BCUT2D eigenvalue weighted by Gasteiger charge is -2.00. The van der Waals surface area contributed by atoms with E-state index in [-0.39, 0.29) is 12.4 Å². The standard InChI is InChI=1S/C2H4F3NO.ClH/c3-2(4,5)1-6-7;/h6-7H,1H2;1H. The topological polar surface area (TPSA) is 32.3 Å². The van der Waals surface area contributed by atoms with Gasteiger partial charge < -0.3 is 5.21 Å². The van der Waals surface area contributed by atoms with Gasteiger partial charge in [-0.3, -0.25) is 0 Å². The minimum absolute atomic E-state index is 0. The zero-order valence-electron chi connectivity index (χ0n) is 3.70. The van der Waals surface area contributed by atoms with Crippen LogP contribution >= 0.6 is 12.4 Å². The maximum atomic E-state index is 10.8. The van der Waals surface area contributed by atoms with Gasteiger partial charge in [-0.15, -0.1) is 12.4 Å². The summed E-state index contributed by atoms with van der Waals surface area (Å²) in [4.78, 5) is 0. The molecule has 8 heavy (non-hydrogen) atoms. The highest BCUT2D eigenvalue weighted by Crippen LogP contribution is 2.11. The van der Waals surface area contributed by atoms with Gasteiger partial charge in [0.2, 0.25) is 0 Å². The molecule has 0 radical (unpaired) electrons. The van der Waals surface area contributed by atoms with Crippen LogP contribution in [0.15, 0.2) is 0 Å². The molecule has 0 aliphatic heterocycles. The molecule has 0 heterocycles. The smallest absolute Gasteiger partial charge is 0.316 e. The maximum absolute atomic E-state index is 10.8. The van der Waals surface area contributed by atoms with E-state index in [0.29, 0.717) is 0 Å². The van der Waals surface area contributed by atoms with Crippen molar-refractivity contribution in [3.8, 4) is 0 Å². The van der Waals surface area contributed by atoms with E-state index in [9.17, 15) is 13.2 Å². The van der Waals surface area contributed by atoms with Crippen molar-refractivity contribution in [3.63, 3.8) is 0 Å². The van der Waals surface area contributed by atoms with Gasteiger partial charge in [0.15, 0.2) is 0 Å². The van der Waals surface area contributed by atoms with Crippen LogP contribution < -0.4 is 5.48 Å². The molecule has 0 unspecified atom stereocenters. The lowest BCUT2D eigenvalue weighted by atomic mass is 10.7. The minimum atomic E-state index is -4.31. The summed E-state index contributed by atoms with van der Waals surface area (Å²) in [6.07, 6.45) is -4.31. The van der Waals surface area contributed by atoms with Crippen molar-refractivity contribution < 1.29 is 18.4 Å². The summed E-state index contributed by atoms with van der Waals surface area (Å²) in [6, 6.07) is 0. The molecule has 2 nitrogen and oxygen atoms in total. The minimum Gasteiger partial charge on any atom is -0.316 e. The number of halogens is 4. The van der Waals surface area contributed by atoms with Crippen LogP contribution in [0.2, 0.25) is 0 Å². The first-order valence-corrected chi connectivity index (χ1v) is 1.50. The van der Waals surface area contributed by atoms with Crippen LogP contribution in [0.1, 0.15) is 0 Å². The third kappa shape index (κ3) is 9.38. The molecule has 0 spiro atoms. The number of hydrogen-bond acceptors (Lipinski definition) is 2. The second kappa shape index (κ2) is 3.94. The van der Waals surface area contributed by atoms with Crippen LogP contribution in [0.5, 0.6) is 0 Å². The SMILES string of the molecule is Cl.ONCC(F)(F)F. The van der Waals surface area contributed by atoms with E-state index in [1.807, 2.05) is 0 Å². The van der Waals surface area contributed by atoms with E-state index in [0.717, 1.165) is 5.48 Å². The monoisotopic (exact) mass is 151 g/mol. The summed E-state index contributed by atoms with van der Waals surface area (Å²) < 4.78 is 32.5. The van der Waals surface area contributed by atoms with Crippen molar-refractivity contribution >= 4 is 12.4 Å². The van der Waals surface area contributed by atoms with Gasteiger partial charge >= 0.3 is 6.18 Å². The van der Waals surface area contributed by atoms with E-state index in [1.165, 1.54) is 0 Å². The molecule has 0 aliphatic carbocycles. The molecule has 0 saturated heterocycles. The molecule has 0 aromatic heterocycles. The molecule has 0 rings (SSSR count). The Labute approximate surface area is 50.1 Å². The average Bonchev–Trinajstić information content (AvgIpc) is 1.30. The van der Waals surface area contributed by atoms with Gasteiger partial charge in [-0.1, -0.05) is 0 Å². The Bertz CT molecular complexity index is 55.7. The Hall–Kier alpha value is -0.0000000000000000555. The van der Waals surface area contributed by atoms with Crippen LogP contribution in [-0.4, -0.2) is 17.9 Å². The van der Waals surface area contributed by atoms with Crippen molar-refractivity contribution in [1.29, 1.82) is 0 Å². The first-order valence-electron chi connectivity index (χ1n) is 1.50. The predicted octanol–water partition coefficient (Wildman–Crippen LogP) is 0.949. The second-order valence-corrected chi connectivity index (χ2v) is 0.950. The predicted molar refractivity (Wildman–Crippen MR) is 23.1 cm³/mol. The lowest BCUT2D eigenvalue weighted by molar-refractivity contribution is -0.140. The highest BCUT2D eigenvalue weighted by Gasteiger charge is 2.25. The zero-order chi connectivity index (χ0) is 5.91. The fourth-order valence-corrected chi connectivity index (χ4v) is 0.0896. The van der Waals surface area contributed by atoms with E-state index >= 15 is 0 Å². The van der Waals surface area contributed by atoms with Crippen LogP contribution in [0.3, 0.4) is 0 Å². The van der Waals surface area contributed by atoms with E-state index < -0.39 is 12.7 Å². The number of nitrogens with one attached hydrogen (secondary N) is 1. The van der Waals surface area contributed by atoms with Gasteiger partial charge in [0.1, 0.15) is 6.54 Å². The van der Waals surface area contributed by atoms with Crippen LogP contribution in [0.25, 0.3) is 0 Å². The Balaban J connectivity index is 0. The second-order valence-electron chi connectivity index (χ2n) is 0.950. The zero-order valence-corrected chi connectivity index (χ0v) is 4.51. The Morgan fingerprint density at radius 1 is 1.38 bits per heavy atom. The summed E-state index contributed by atoms with van der Waals surface area (Å²) >= 11 is 0. The van der Waals surface area contributed by atoms with Crippen molar-refractivity contribution in [1.82, 2.24) is 5.48 Å². The summed E-state index contributed by atoms with van der Waals surface area (Å²) in [5.74, 6) is 0. The van der Waals surface area contributed by atoms with Crippen LogP contribution in [-0.2, 0) is 0 Å². The van der Waals surface area contributed by atoms with Gasteiger partial charge in [-0.2, -0.15) is 18.7 Å². The van der Waals surface area contributed by atoms with Gasteiger partial charge in [0.05, 0.1) is 0 Å². The average molecular weight is 152 g/mol. The molecule has 0 aromatic carbocycles. The first-order chi connectivity index (χ1) is 3.06. The van der Waals surface area contributed by atoms with E-state index in [1.54, 1.807) is 0 Å². The molecular weight excluding hydrogens is 146 g/mol. The summed E-state index contributed by atoms with van der Waals surface area (Å²) in [5, 5.41) is 7.43. The molecular formula is C2H5ClF3NO. The molecule has 2 N–H and O–H groups in total. The number of hydroxylamine groups is 1. The summed E-state index contributed by atoms with van der Waals surface area (Å²) in [7, 11) is 0. The van der Waals surface area contributed by atoms with E-state index in [4.69, 9.17) is 5.21 Å². The molecule has 0 saturated carbocycles. The Kier molecular flexibility index (Phi) is 5.36. The van der Waals surface area contributed by atoms with E-state index in [2.05, 4.69) is 0 Å². The summed E-state index contributed by atoms with van der Waals surface area (Å²) in [5.41, 5.74) is 0.983. The van der Waals surface area contributed by atoms with Crippen molar-refractivity contribution in [2.75, 3.05) is 6.54 Å². The van der Waals surface area contributed by atoms with Crippen LogP contribution in [0, 0.1) is 0 Å². The number of hydrogen-bond donors (Lipinski definition) is 2. The summed E-state index contributed by atoms with van der Waals surface area (Å²) in [6.45, 7) is -1.35. The normalized spacial score (nSPS) is 10.5. The van der Waals surface area contributed by atoms with Gasteiger partial charge in [-0.05, 0) is 0 Å². The third-order valence-electron chi connectivity index (χ3n) is 0.280. The molecule has 0 amide bonds. The molecule has 0 aliphatic rings. The van der Waals surface area contributed by atoms with Crippen LogP contribution in [0.4, 0.5) is 13.2 Å². The van der Waals surface area contributed by atoms with Gasteiger partial charge in [-0.25, -0.2) is 0 Å². The molecule has 6 heteroatoms. The molecule has 0 atom stereocenters. The largest absolute Gasteiger partial charge is 0.403 e. The third-order valence-corrected chi connectivity index (χ3v) is 0.280. The Morgan fingerprint density at radius 2 is 1.75 bits per heavy atom. The highest BCUT2D eigenvalue weighted by atomic mass is 35.5. The first kappa shape index (κ1) is 10.9. The molecule has 52 valence electrons.